The Bertz CT molecular complexity index is 448. The number of halogens is 1. The van der Waals surface area contributed by atoms with Crippen LogP contribution in [0.25, 0.3) is 0 Å². The van der Waals surface area contributed by atoms with E-state index < -0.39 is 0 Å². The molecule has 2 saturated carbocycles. The van der Waals surface area contributed by atoms with Crippen LogP contribution >= 0.6 is 15.9 Å². The summed E-state index contributed by atoms with van der Waals surface area (Å²) in [6, 6.07) is 5.93. The lowest BCUT2D eigenvalue weighted by atomic mass is 10.0. The molecule has 0 heterocycles. The summed E-state index contributed by atoms with van der Waals surface area (Å²) in [4.78, 5) is 0. The second-order valence-electron chi connectivity index (χ2n) is 5.75. The lowest BCUT2D eigenvalue weighted by Crippen LogP contribution is -2.04. The molecule has 1 aromatic carbocycles. The van der Waals surface area contributed by atoms with Crippen molar-refractivity contribution < 1.29 is 9.84 Å². The summed E-state index contributed by atoms with van der Waals surface area (Å²) in [5, 5.41) is 10.6. The van der Waals surface area contributed by atoms with Gasteiger partial charge in [0, 0.05) is 4.47 Å². The zero-order valence-corrected chi connectivity index (χ0v) is 12.9. The zero-order valence-electron chi connectivity index (χ0n) is 11.3. The van der Waals surface area contributed by atoms with Crippen LogP contribution in [0.1, 0.15) is 44.3 Å². The van der Waals surface area contributed by atoms with Crippen molar-refractivity contribution >= 4 is 15.9 Å². The molecule has 2 nitrogen and oxygen atoms in total. The minimum Gasteiger partial charge on any atom is -0.494 e. The van der Waals surface area contributed by atoms with Crippen molar-refractivity contribution in [1.29, 1.82) is 0 Å². The largest absolute Gasteiger partial charge is 0.494 e. The topological polar surface area (TPSA) is 29.5 Å². The predicted octanol–water partition coefficient (Wildman–Crippen LogP) is 4.32. The standard InChI is InChI=1S/C16H21BrO2/c1-2-19-10-7-8-13(14(17)9-10)16(18)15-11-5-3-4-6-12(11)15/h7-9,11-12,15-16,18H,2-6H2,1H3. The Kier molecular flexibility index (Phi) is 3.86. The first-order valence-corrected chi connectivity index (χ1v) is 8.12. The van der Waals surface area contributed by atoms with Crippen molar-refractivity contribution in [1.82, 2.24) is 0 Å². The van der Waals surface area contributed by atoms with Gasteiger partial charge in [0.05, 0.1) is 12.7 Å². The molecule has 2 fully saturated rings. The second kappa shape index (κ2) is 5.45. The molecule has 19 heavy (non-hydrogen) atoms. The van der Waals surface area contributed by atoms with E-state index in [-0.39, 0.29) is 6.10 Å². The fraction of sp³-hybridized carbons (Fsp3) is 0.625. The molecule has 0 aliphatic heterocycles. The van der Waals surface area contributed by atoms with E-state index in [9.17, 15) is 5.11 Å². The van der Waals surface area contributed by atoms with E-state index in [2.05, 4.69) is 15.9 Å². The fourth-order valence-electron chi connectivity index (χ4n) is 3.73. The lowest BCUT2D eigenvalue weighted by Gasteiger charge is -2.14. The summed E-state index contributed by atoms with van der Waals surface area (Å²) >= 11 is 3.57. The number of hydrogen-bond acceptors (Lipinski definition) is 2. The maximum atomic E-state index is 10.6. The molecule has 3 atom stereocenters. The molecule has 3 heteroatoms. The van der Waals surface area contributed by atoms with E-state index in [1.165, 1.54) is 25.7 Å². The highest BCUT2D eigenvalue weighted by Gasteiger charge is 2.54. The fourth-order valence-corrected chi connectivity index (χ4v) is 4.32. The van der Waals surface area contributed by atoms with Crippen LogP contribution in [0.3, 0.4) is 0 Å². The summed E-state index contributed by atoms with van der Waals surface area (Å²) < 4.78 is 6.45. The van der Waals surface area contributed by atoms with Gasteiger partial charge in [0.2, 0.25) is 0 Å². The van der Waals surface area contributed by atoms with Gasteiger partial charge in [-0.1, -0.05) is 34.8 Å². The van der Waals surface area contributed by atoms with E-state index in [1.54, 1.807) is 0 Å². The summed E-state index contributed by atoms with van der Waals surface area (Å²) in [7, 11) is 0. The van der Waals surface area contributed by atoms with Gasteiger partial charge in [-0.15, -0.1) is 0 Å². The first-order chi connectivity index (χ1) is 9.22. The highest BCUT2D eigenvalue weighted by molar-refractivity contribution is 9.10. The van der Waals surface area contributed by atoms with Crippen LogP contribution in [0.2, 0.25) is 0 Å². The molecule has 2 aliphatic rings. The molecule has 0 radical (unpaired) electrons. The van der Waals surface area contributed by atoms with E-state index in [0.717, 1.165) is 27.6 Å². The third kappa shape index (κ3) is 2.55. The molecular weight excluding hydrogens is 304 g/mol. The first-order valence-electron chi connectivity index (χ1n) is 7.32. The normalized spacial score (nSPS) is 30.6. The van der Waals surface area contributed by atoms with Gasteiger partial charge in [-0.3, -0.25) is 0 Å². The van der Waals surface area contributed by atoms with Crippen molar-refractivity contribution in [2.75, 3.05) is 6.61 Å². The third-order valence-electron chi connectivity index (χ3n) is 4.69. The van der Waals surface area contributed by atoms with Crippen molar-refractivity contribution in [2.24, 2.45) is 17.8 Å². The minimum absolute atomic E-state index is 0.321. The quantitative estimate of drug-likeness (QED) is 0.893. The van der Waals surface area contributed by atoms with Crippen molar-refractivity contribution in [3.63, 3.8) is 0 Å². The maximum absolute atomic E-state index is 10.6. The Hall–Kier alpha value is -0.540. The number of fused-ring (bicyclic) bond motifs is 1. The van der Waals surface area contributed by atoms with E-state index in [0.29, 0.717) is 12.5 Å². The van der Waals surface area contributed by atoms with Gasteiger partial charge in [0.15, 0.2) is 0 Å². The van der Waals surface area contributed by atoms with Crippen LogP contribution in [-0.4, -0.2) is 11.7 Å². The number of hydrogen-bond donors (Lipinski definition) is 1. The van der Waals surface area contributed by atoms with Gasteiger partial charge < -0.3 is 9.84 Å². The monoisotopic (exact) mass is 324 g/mol. The molecular formula is C16H21BrO2. The van der Waals surface area contributed by atoms with E-state index in [4.69, 9.17) is 4.74 Å². The van der Waals surface area contributed by atoms with Crippen LogP contribution in [0.5, 0.6) is 5.75 Å². The SMILES string of the molecule is CCOc1ccc(C(O)C2C3CCCCC32)c(Br)c1. The highest BCUT2D eigenvalue weighted by Crippen LogP contribution is 2.60. The van der Waals surface area contributed by atoms with Gasteiger partial charge in [-0.25, -0.2) is 0 Å². The Labute approximate surface area is 123 Å². The minimum atomic E-state index is -0.321. The van der Waals surface area contributed by atoms with Crippen LogP contribution in [0, 0.1) is 17.8 Å². The van der Waals surface area contributed by atoms with E-state index >= 15 is 0 Å². The van der Waals surface area contributed by atoms with Gasteiger partial charge in [-0.2, -0.15) is 0 Å². The molecule has 3 unspecified atom stereocenters. The first kappa shape index (κ1) is 13.4. The highest BCUT2D eigenvalue weighted by atomic mass is 79.9. The zero-order chi connectivity index (χ0) is 13.4. The summed E-state index contributed by atoms with van der Waals surface area (Å²) in [5.74, 6) is 2.87. The number of aliphatic hydroxyl groups excluding tert-OH is 1. The van der Waals surface area contributed by atoms with Crippen molar-refractivity contribution in [2.45, 2.75) is 38.7 Å². The number of benzene rings is 1. The molecule has 0 aromatic heterocycles. The number of aliphatic hydroxyl groups is 1. The summed E-state index contributed by atoms with van der Waals surface area (Å²) in [5.41, 5.74) is 1.02. The molecule has 104 valence electrons. The van der Waals surface area contributed by atoms with Crippen molar-refractivity contribution in [3.8, 4) is 5.75 Å². The van der Waals surface area contributed by atoms with Gasteiger partial charge in [0.1, 0.15) is 5.75 Å². The molecule has 0 spiro atoms. The van der Waals surface area contributed by atoms with Crippen molar-refractivity contribution in [3.05, 3.63) is 28.2 Å². The van der Waals surface area contributed by atoms with E-state index in [1.807, 2.05) is 25.1 Å². The number of ether oxygens (including phenoxy) is 1. The third-order valence-corrected chi connectivity index (χ3v) is 5.38. The average Bonchev–Trinajstić information content (AvgIpc) is 3.13. The summed E-state index contributed by atoms with van der Waals surface area (Å²) in [6.07, 6.45) is 4.98. The Morgan fingerprint density at radius 3 is 2.58 bits per heavy atom. The Balaban J connectivity index is 1.75. The molecule has 3 rings (SSSR count). The maximum Gasteiger partial charge on any atom is 0.120 e. The second-order valence-corrected chi connectivity index (χ2v) is 6.61. The number of rotatable bonds is 4. The van der Waals surface area contributed by atoms with Crippen LogP contribution < -0.4 is 4.74 Å². The molecule has 0 bridgehead atoms. The lowest BCUT2D eigenvalue weighted by molar-refractivity contribution is 0.141. The van der Waals surface area contributed by atoms with Crippen LogP contribution in [0.4, 0.5) is 0 Å². The predicted molar refractivity (Wildman–Crippen MR) is 79.2 cm³/mol. The van der Waals surface area contributed by atoms with Gasteiger partial charge in [-0.05, 0) is 55.2 Å². The van der Waals surface area contributed by atoms with Crippen LogP contribution in [-0.2, 0) is 0 Å². The molecule has 1 aromatic rings. The smallest absolute Gasteiger partial charge is 0.120 e. The molecule has 0 amide bonds. The molecule has 1 N–H and O–H groups in total. The van der Waals surface area contributed by atoms with Gasteiger partial charge in [0.25, 0.3) is 0 Å². The molecule has 2 aliphatic carbocycles. The van der Waals surface area contributed by atoms with Gasteiger partial charge >= 0.3 is 0 Å². The Morgan fingerprint density at radius 1 is 1.32 bits per heavy atom. The Morgan fingerprint density at radius 2 is 2.00 bits per heavy atom. The van der Waals surface area contributed by atoms with Crippen LogP contribution in [0.15, 0.2) is 22.7 Å². The molecule has 0 saturated heterocycles. The summed E-state index contributed by atoms with van der Waals surface area (Å²) in [6.45, 7) is 2.65. The average molecular weight is 325 g/mol.